The van der Waals surface area contributed by atoms with E-state index in [4.69, 9.17) is 11.6 Å². The van der Waals surface area contributed by atoms with Gasteiger partial charge in [0.25, 0.3) is 0 Å². The number of rotatable bonds is 5. The van der Waals surface area contributed by atoms with Gasteiger partial charge in [0.05, 0.1) is 0 Å². The summed E-state index contributed by atoms with van der Waals surface area (Å²) in [5.41, 5.74) is 2.61. The first-order valence-electron chi connectivity index (χ1n) is 6.33. The minimum atomic E-state index is 0.398. The molecule has 0 aliphatic rings. The van der Waals surface area contributed by atoms with Crippen molar-refractivity contribution in [2.75, 3.05) is 7.05 Å². The molecule has 0 spiro atoms. The number of benzene rings is 2. The van der Waals surface area contributed by atoms with Crippen molar-refractivity contribution >= 4 is 23.4 Å². The Morgan fingerprint density at radius 1 is 1.05 bits per heavy atom. The number of thioether (sulfide) groups is 1. The van der Waals surface area contributed by atoms with Crippen LogP contribution in [0.1, 0.15) is 24.1 Å². The van der Waals surface area contributed by atoms with Crippen LogP contribution in [0.25, 0.3) is 0 Å². The third-order valence-corrected chi connectivity index (χ3v) is 4.47. The zero-order valence-corrected chi connectivity index (χ0v) is 12.8. The van der Waals surface area contributed by atoms with Gasteiger partial charge in [-0.1, -0.05) is 35.9 Å². The molecule has 0 aliphatic heterocycles. The summed E-state index contributed by atoms with van der Waals surface area (Å²) in [5.74, 6) is 0.970. The summed E-state index contributed by atoms with van der Waals surface area (Å²) < 4.78 is 0. The van der Waals surface area contributed by atoms with E-state index in [1.165, 1.54) is 16.0 Å². The van der Waals surface area contributed by atoms with E-state index in [0.717, 1.165) is 10.8 Å². The minimum absolute atomic E-state index is 0.398. The van der Waals surface area contributed by atoms with E-state index in [1.807, 2.05) is 30.9 Å². The molecule has 2 aromatic carbocycles. The van der Waals surface area contributed by atoms with E-state index < -0.39 is 0 Å². The molecule has 0 fully saturated rings. The maximum atomic E-state index is 5.88. The van der Waals surface area contributed by atoms with Crippen molar-refractivity contribution in [1.29, 1.82) is 0 Å². The average Bonchev–Trinajstić information content (AvgIpc) is 2.46. The molecule has 0 amide bonds. The molecular formula is C16H18ClNS. The van der Waals surface area contributed by atoms with Crippen LogP contribution in [-0.2, 0) is 5.75 Å². The fourth-order valence-electron chi connectivity index (χ4n) is 1.77. The fraction of sp³-hybridized carbons (Fsp3) is 0.250. The highest BCUT2D eigenvalue weighted by atomic mass is 35.5. The van der Waals surface area contributed by atoms with Crippen molar-refractivity contribution < 1.29 is 0 Å². The van der Waals surface area contributed by atoms with Crippen LogP contribution in [0.15, 0.2) is 53.4 Å². The first-order valence-corrected chi connectivity index (χ1v) is 7.70. The van der Waals surface area contributed by atoms with E-state index in [1.54, 1.807) is 0 Å². The van der Waals surface area contributed by atoms with Gasteiger partial charge in [-0.3, -0.25) is 0 Å². The van der Waals surface area contributed by atoms with Crippen molar-refractivity contribution in [3.63, 3.8) is 0 Å². The molecule has 0 bridgehead atoms. The molecule has 0 aromatic heterocycles. The van der Waals surface area contributed by atoms with Gasteiger partial charge in [0.15, 0.2) is 0 Å². The molecule has 2 rings (SSSR count). The molecule has 0 radical (unpaired) electrons. The van der Waals surface area contributed by atoms with E-state index in [-0.39, 0.29) is 0 Å². The van der Waals surface area contributed by atoms with Crippen molar-refractivity contribution in [2.24, 2.45) is 0 Å². The zero-order chi connectivity index (χ0) is 13.7. The van der Waals surface area contributed by atoms with Crippen LogP contribution in [0.4, 0.5) is 0 Å². The van der Waals surface area contributed by atoms with Crippen LogP contribution in [0.5, 0.6) is 0 Å². The van der Waals surface area contributed by atoms with E-state index in [0.29, 0.717) is 6.04 Å². The van der Waals surface area contributed by atoms with Gasteiger partial charge >= 0.3 is 0 Å². The zero-order valence-electron chi connectivity index (χ0n) is 11.2. The van der Waals surface area contributed by atoms with Crippen LogP contribution in [0.3, 0.4) is 0 Å². The lowest BCUT2D eigenvalue weighted by Crippen LogP contribution is -2.11. The van der Waals surface area contributed by atoms with Gasteiger partial charge in [0.1, 0.15) is 0 Å². The first-order chi connectivity index (χ1) is 9.19. The molecule has 2 aromatic rings. The third kappa shape index (κ3) is 4.27. The summed E-state index contributed by atoms with van der Waals surface area (Å²) in [6.07, 6.45) is 0. The van der Waals surface area contributed by atoms with Crippen molar-refractivity contribution in [1.82, 2.24) is 5.32 Å². The van der Waals surface area contributed by atoms with Crippen molar-refractivity contribution in [2.45, 2.75) is 23.6 Å². The van der Waals surface area contributed by atoms with Crippen molar-refractivity contribution in [3.8, 4) is 0 Å². The molecule has 3 heteroatoms. The molecule has 0 saturated carbocycles. The van der Waals surface area contributed by atoms with Gasteiger partial charge in [0.2, 0.25) is 0 Å². The number of hydrogen-bond acceptors (Lipinski definition) is 2. The summed E-state index contributed by atoms with van der Waals surface area (Å²) in [7, 11) is 1.98. The molecule has 1 nitrogen and oxygen atoms in total. The summed E-state index contributed by atoms with van der Waals surface area (Å²) in [5, 5.41) is 4.04. The summed E-state index contributed by atoms with van der Waals surface area (Å²) >= 11 is 7.72. The Kier molecular flexibility index (Phi) is 5.32. The smallest absolute Gasteiger partial charge is 0.0406 e. The second-order valence-corrected chi connectivity index (χ2v) is 5.98. The first kappa shape index (κ1) is 14.4. The number of halogens is 1. The Hall–Kier alpha value is -0.960. The Bertz CT molecular complexity index is 507. The van der Waals surface area contributed by atoms with Gasteiger partial charge in [0, 0.05) is 21.7 Å². The van der Waals surface area contributed by atoms with Gasteiger partial charge in [-0.15, -0.1) is 11.8 Å². The average molecular weight is 292 g/mol. The lowest BCUT2D eigenvalue weighted by Gasteiger charge is -2.11. The molecule has 100 valence electrons. The highest BCUT2D eigenvalue weighted by Gasteiger charge is 2.02. The molecule has 0 saturated heterocycles. The molecule has 0 heterocycles. The molecule has 1 unspecified atom stereocenters. The molecular weight excluding hydrogens is 274 g/mol. The van der Waals surface area contributed by atoms with Gasteiger partial charge in [-0.05, 0) is 49.4 Å². The summed E-state index contributed by atoms with van der Waals surface area (Å²) in [4.78, 5) is 1.29. The van der Waals surface area contributed by atoms with E-state index in [9.17, 15) is 0 Å². The quantitative estimate of drug-likeness (QED) is 0.785. The van der Waals surface area contributed by atoms with Crippen LogP contribution in [0.2, 0.25) is 5.02 Å². The van der Waals surface area contributed by atoms with Gasteiger partial charge in [-0.25, -0.2) is 0 Å². The predicted molar refractivity (Wildman–Crippen MR) is 84.9 cm³/mol. The normalized spacial score (nSPS) is 12.4. The maximum Gasteiger partial charge on any atom is 0.0406 e. The van der Waals surface area contributed by atoms with Crippen LogP contribution in [0, 0.1) is 0 Å². The molecule has 1 N–H and O–H groups in total. The molecule has 19 heavy (non-hydrogen) atoms. The van der Waals surface area contributed by atoms with Gasteiger partial charge in [-0.2, -0.15) is 0 Å². The molecule has 1 atom stereocenters. The van der Waals surface area contributed by atoms with Crippen LogP contribution in [-0.4, -0.2) is 7.05 Å². The summed E-state index contributed by atoms with van der Waals surface area (Å²) in [6.45, 7) is 2.16. The standard InChI is InChI=1S/C16H18ClNS/c1-12(18-2)14-5-9-16(10-6-14)19-11-13-3-7-15(17)8-4-13/h3-10,12,18H,11H2,1-2H3. The second kappa shape index (κ2) is 6.99. The Morgan fingerprint density at radius 3 is 2.26 bits per heavy atom. The Morgan fingerprint density at radius 2 is 1.68 bits per heavy atom. The van der Waals surface area contributed by atoms with Crippen LogP contribution >= 0.6 is 23.4 Å². The maximum absolute atomic E-state index is 5.88. The summed E-state index contributed by atoms with van der Waals surface area (Å²) in [6, 6.07) is 17.2. The minimum Gasteiger partial charge on any atom is -0.313 e. The van der Waals surface area contributed by atoms with Crippen LogP contribution < -0.4 is 5.32 Å². The second-order valence-electron chi connectivity index (χ2n) is 4.49. The lowest BCUT2D eigenvalue weighted by atomic mass is 10.1. The largest absolute Gasteiger partial charge is 0.313 e. The lowest BCUT2D eigenvalue weighted by molar-refractivity contribution is 0.652. The Labute approximate surface area is 124 Å². The van der Waals surface area contributed by atoms with Gasteiger partial charge < -0.3 is 5.32 Å². The Balaban J connectivity index is 1.94. The van der Waals surface area contributed by atoms with E-state index >= 15 is 0 Å². The number of hydrogen-bond donors (Lipinski definition) is 1. The monoisotopic (exact) mass is 291 g/mol. The SMILES string of the molecule is CNC(C)c1ccc(SCc2ccc(Cl)cc2)cc1. The highest BCUT2D eigenvalue weighted by Crippen LogP contribution is 2.25. The molecule has 0 aliphatic carbocycles. The number of nitrogens with one attached hydrogen (secondary N) is 1. The highest BCUT2D eigenvalue weighted by molar-refractivity contribution is 7.98. The van der Waals surface area contributed by atoms with Crippen molar-refractivity contribution in [3.05, 3.63) is 64.7 Å². The third-order valence-electron chi connectivity index (χ3n) is 3.13. The fourth-order valence-corrected chi connectivity index (χ4v) is 2.75. The topological polar surface area (TPSA) is 12.0 Å². The predicted octanol–water partition coefficient (Wildman–Crippen LogP) is 4.91. The van der Waals surface area contributed by atoms with E-state index in [2.05, 4.69) is 48.6 Å².